The van der Waals surface area contributed by atoms with Crippen LogP contribution in [-0.4, -0.2) is 36.0 Å². The molecule has 1 N–H and O–H groups in total. The number of hydrogen-bond donors (Lipinski definition) is 1. The Balaban J connectivity index is 1.51. The molecule has 1 aliphatic heterocycles. The molecule has 2 aliphatic rings. The zero-order chi connectivity index (χ0) is 13.8. The Morgan fingerprint density at radius 2 is 1.80 bits per heavy atom. The number of nitrogens with one attached hydrogen (secondary N) is 1. The number of carbonyl (C=O) groups excluding carboxylic acids is 1. The molecule has 3 heteroatoms. The minimum atomic E-state index is 0.0705. The van der Waals surface area contributed by atoms with Crippen molar-refractivity contribution in [2.75, 3.05) is 13.1 Å². The molecule has 1 unspecified atom stereocenters. The van der Waals surface area contributed by atoms with E-state index < -0.39 is 0 Å². The van der Waals surface area contributed by atoms with Crippen molar-refractivity contribution in [3.8, 4) is 0 Å². The zero-order valence-electron chi connectivity index (χ0n) is 12.1. The van der Waals surface area contributed by atoms with Gasteiger partial charge in [-0.05, 0) is 31.4 Å². The van der Waals surface area contributed by atoms with Crippen molar-refractivity contribution in [1.82, 2.24) is 10.2 Å². The van der Waals surface area contributed by atoms with Crippen molar-refractivity contribution >= 4 is 5.91 Å². The van der Waals surface area contributed by atoms with E-state index in [4.69, 9.17) is 0 Å². The lowest BCUT2D eigenvalue weighted by atomic mass is 9.94. The van der Waals surface area contributed by atoms with Crippen LogP contribution in [0, 0.1) is 0 Å². The third-order valence-electron chi connectivity index (χ3n) is 4.68. The summed E-state index contributed by atoms with van der Waals surface area (Å²) in [7, 11) is 0. The summed E-state index contributed by atoms with van der Waals surface area (Å²) in [5.74, 6) is 0.0705. The maximum atomic E-state index is 12.2. The van der Waals surface area contributed by atoms with Gasteiger partial charge >= 0.3 is 0 Å². The second kappa shape index (κ2) is 6.40. The van der Waals surface area contributed by atoms with Crippen LogP contribution in [0.15, 0.2) is 30.3 Å². The Bertz CT molecular complexity index is 440. The quantitative estimate of drug-likeness (QED) is 0.917. The molecule has 0 spiro atoms. The molecule has 1 saturated heterocycles. The highest BCUT2D eigenvalue weighted by atomic mass is 16.1. The number of amides is 1. The van der Waals surface area contributed by atoms with Gasteiger partial charge in [0.1, 0.15) is 0 Å². The van der Waals surface area contributed by atoms with Gasteiger partial charge < -0.3 is 5.32 Å². The minimum absolute atomic E-state index is 0.0705. The maximum Gasteiger partial charge on any atom is 0.251 e. The molecule has 2 fully saturated rings. The molecule has 1 aromatic carbocycles. The lowest BCUT2D eigenvalue weighted by Gasteiger charge is -2.31. The minimum Gasteiger partial charge on any atom is -0.348 e. The van der Waals surface area contributed by atoms with Crippen molar-refractivity contribution in [3.05, 3.63) is 35.9 Å². The Morgan fingerprint density at radius 3 is 2.55 bits per heavy atom. The van der Waals surface area contributed by atoms with Crippen LogP contribution in [0.4, 0.5) is 0 Å². The topological polar surface area (TPSA) is 32.3 Å². The Hall–Kier alpha value is -1.35. The van der Waals surface area contributed by atoms with Crippen LogP contribution in [0.2, 0.25) is 0 Å². The van der Waals surface area contributed by atoms with E-state index >= 15 is 0 Å². The van der Waals surface area contributed by atoms with Gasteiger partial charge in [-0.1, -0.05) is 37.5 Å². The van der Waals surface area contributed by atoms with Crippen LogP contribution < -0.4 is 5.32 Å². The average Bonchev–Trinajstić information content (AvgIpc) is 2.97. The van der Waals surface area contributed by atoms with E-state index in [0.29, 0.717) is 6.04 Å². The maximum absolute atomic E-state index is 12.2. The standard InChI is InChI=1S/C17H24N2O/c20-17(14-7-3-1-4-8-14)18-15-11-12-19(13-15)16-9-5-2-6-10-16/h1,3-4,7-8,15-16H,2,5-6,9-13H2,(H,18,20). The van der Waals surface area contributed by atoms with Crippen molar-refractivity contribution in [3.63, 3.8) is 0 Å². The van der Waals surface area contributed by atoms with Gasteiger partial charge in [-0.2, -0.15) is 0 Å². The molecule has 0 radical (unpaired) electrons. The van der Waals surface area contributed by atoms with Crippen LogP contribution >= 0.6 is 0 Å². The summed E-state index contributed by atoms with van der Waals surface area (Å²) in [6.45, 7) is 2.17. The fourth-order valence-electron chi connectivity index (χ4n) is 3.54. The normalized spacial score (nSPS) is 24.7. The van der Waals surface area contributed by atoms with Crippen LogP contribution in [0.5, 0.6) is 0 Å². The highest BCUT2D eigenvalue weighted by Gasteiger charge is 2.29. The van der Waals surface area contributed by atoms with E-state index in [2.05, 4.69) is 10.2 Å². The van der Waals surface area contributed by atoms with Gasteiger partial charge in [0.05, 0.1) is 0 Å². The third-order valence-corrected chi connectivity index (χ3v) is 4.68. The summed E-state index contributed by atoms with van der Waals surface area (Å²) in [4.78, 5) is 14.7. The predicted octanol–water partition coefficient (Wildman–Crippen LogP) is 2.82. The Kier molecular flexibility index (Phi) is 4.36. The van der Waals surface area contributed by atoms with Gasteiger partial charge in [0.15, 0.2) is 0 Å². The predicted molar refractivity (Wildman–Crippen MR) is 80.8 cm³/mol. The Labute approximate surface area is 121 Å². The molecule has 3 rings (SSSR count). The van der Waals surface area contributed by atoms with Gasteiger partial charge in [-0.15, -0.1) is 0 Å². The van der Waals surface area contributed by atoms with Crippen LogP contribution in [0.1, 0.15) is 48.9 Å². The Morgan fingerprint density at radius 1 is 1.05 bits per heavy atom. The van der Waals surface area contributed by atoms with Gasteiger partial charge in [0.2, 0.25) is 0 Å². The largest absolute Gasteiger partial charge is 0.348 e. The first-order chi connectivity index (χ1) is 9.83. The first-order valence-corrected chi connectivity index (χ1v) is 7.93. The molecule has 1 amide bonds. The van der Waals surface area contributed by atoms with Gasteiger partial charge in [0.25, 0.3) is 5.91 Å². The summed E-state index contributed by atoms with van der Waals surface area (Å²) < 4.78 is 0. The number of nitrogens with zero attached hydrogens (tertiary/aromatic N) is 1. The van der Waals surface area contributed by atoms with E-state index in [9.17, 15) is 4.79 Å². The molecule has 3 nitrogen and oxygen atoms in total. The lowest BCUT2D eigenvalue weighted by Crippen LogP contribution is -2.40. The first kappa shape index (κ1) is 13.6. The van der Waals surface area contributed by atoms with Crippen LogP contribution in [0.3, 0.4) is 0 Å². The van der Waals surface area contributed by atoms with Crippen LogP contribution in [0.25, 0.3) is 0 Å². The van der Waals surface area contributed by atoms with Gasteiger partial charge in [-0.3, -0.25) is 9.69 Å². The average molecular weight is 272 g/mol. The van der Waals surface area contributed by atoms with Crippen molar-refractivity contribution in [2.24, 2.45) is 0 Å². The summed E-state index contributed by atoms with van der Waals surface area (Å²) in [5.41, 5.74) is 0.767. The van der Waals surface area contributed by atoms with E-state index in [1.165, 1.54) is 32.1 Å². The molecule has 1 heterocycles. The monoisotopic (exact) mass is 272 g/mol. The van der Waals surface area contributed by atoms with Crippen molar-refractivity contribution in [2.45, 2.75) is 50.6 Å². The first-order valence-electron chi connectivity index (χ1n) is 7.93. The number of hydrogen-bond acceptors (Lipinski definition) is 2. The third kappa shape index (κ3) is 3.21. The molecular weight excluding hydrogens is 248 g/mol. The van der Waals surface area contributed by atoms with Gasteiger partial charge in [0, 0.05) is 30.7 Å². The summed E-state index contributed by atoms with van der Waals surface area (Å²) in [6.07, 6.45) is 7.94. The highest BCUT2D eigenvalue weighted by Crippen LogP contribution is 2.25. The molecule has 20 heavy (non-hydrogen) atoms. The molecule has 1 aromatic rings. The van der Waals surface area contributed by atoms with E-state index in [0.717, 1.165) is 31.1 Å². The molecule has 1 atom stereocenters. The second-order valence-corrected chi connectivity index (χ2v) is 6.11. The molecule has 1 saturated carbocycles. The van der Waals surface area contributed by atoms with Crippen molar-refractivity contribution in [1.29, 1.82) is 0 Å². The van der Waals surface area contributed by atoms with E-state index in [-0.39, 0.29) is 5.91 Å². The number of carbonyl (C=O) groups is 1. The molecular formula is C17H24N2O. The number of likely N-dealkylation sites (tertiary alicyclic amines) is 1. The molecule has 1 aliphatic carbocycles. The smallest absolute Gasteiger partial charge is 0.251 e. The second-order valence-electron chi connectivity index (χ2n) is 6.11. The summed E-state index contributed by atoms with van der Waals surface area (Å²) in [5, 5.41) is 3.18. The number of rotatable bonds is 3. The fraction of sp³-hybridized carbons (Fsp3) is 0.588. The highest BCUT2D eigenvalue weighted by molar-refractivity contribution is 5.94. The summed E-state index contributed by atoms with van der Waals surface area (Å²) in [6, 6.07) is 10.6. The molecule has 0 bridgehead atoms. The summed E-state index contributed by atoms with van der Waals surface area (Å²) >= 11 is 0. The molecule has 108 valence electrons. The molecule has 0 aromatic heterocycles. The zero-order valence-corrected chi connectivity index (χ0v) is 12.1. The van der Waals surface area contributed by atoms with Gasteiger partial charge in [-0.25, -0.2) is 0 Å². The fourth-order valence-corrected chi connectivity index (χ4v) is 3.54. The number of benzene rings is 1. The van der Waals surface area contributed by atoms with E-state index in [1.54, 1.807) is 0 Å². The van der Waals surface area contributed by atoms with E-state index in [1.807, 2.05) is 30.3 Å². The SMILES string of the molecule is O=C(NC1CCN(C2CCCCC2)C1)c1ccccc1. The van der Waals surface area contributed by atoms with Crippen molar-refractivity contribution < 1.29 is 4.79 Å². The lowest BCUT2D eigenvalue weighted by molar-refractivity contribution is 0.0934. The van der Waals surface area contributed by atoms with Crippen LogP contribution in [-0.2, 0) is 0 Å².